The van der Waals surface area contributed by atoms with E-state index in [0.717, 1.165) is 18.8 Å². The van der Waals surface area contributed by atoms with Crippen molar-refractivity contribution in [2.45, 2.75) is 39.8 Å². The van der Waals surface area contributed by atoms with E-state index in [4.69, 9.17) is 9.84 Å². The second kappa shape index (κ2) is 7.79. The molecule has 0 aliphatic rings. The van der Waals surface area contributed by atoms with E-state index in [1.54, 1.807) is 0 Å². The molecule has 0 aliphatic carbocycles. The Kier molecular flexibility index (Phi) is 6.36. The molecule has 4 nitrogen and oxygen atoms in total. The molecule has 0 saturated carbocycles. The highest BCUT2D eigenvalue weighted by Gasteiger charge is 2.15. The fraction of sp³-hybridized carbons (Fsp3) is 0.533. The van der Waals surface area contributed by atoms with Gasteiger partial charge >= 0.3 is 5.97 Å². The summed E-state index contributed by atoms with van der Waals surface area (Å²) < 4.78 is 5.40. The third-order valence-electron chi connectivity index (χ3n) is 3.12. The molecule has 19 heavy (non-hydrogen) atoms. The number of aliphatic carboxylic acids is 1. The first-order chi connectivity index (χ1) is 9.06. The zero-order valence-corrected chi connectivity index (χ0v) is 11.9. The lowest BCUT2D eigenvalue weighted by molar-refractivity contribution is -0.138. The molecule has 1 N–H and O–H groups in total. The van der Waals surface area contributed by atoms with Gasteiger partial charge in [0.1, 0.15) is 5.75 Å². The second-order valence-electron chi connectivity index (χ2n) is 4.59. The van der Waals surface area contributed by atoms with Gasteiger partial charge < -0.3 is 9.84 Å². The fourth-order valence-corrected chi connectivity index (χ4v) is 2.05. The van der Waals surface area contributed by atoms with Gasteiger partial charge in [-0.25, -0.2) is 0 Å². The third kappa shape index (κ3) is 5.30. The highest BCUT2D eigenvalue weighted by molar-refractivity contribution is 5.67. The Hall–Kier alpha value is -1.55. The van der Waals surface area contributed by atoms with Gasteiger partial charge in [-0.3, -0.25) is 9.69 Å². The minimum absolute atomic E-state index is 0.0362. The van der Waals surface area contributed by atoms with Crippen molar-refractivity contribution in [2.75, 3.05) is 13.2 Å². The summed E-state index contributed by atoms with van der Waals surface area (Å²) in [4.78, 5) is 12.9. The number of carbonyl (C=O) groups is 1. The second-order valence-corrected chi connectivity index (χ2v) is 4.59. The van der Waals surface area contributed by atoms with Crippen LogP contribution in [-0.2, 0) is 11.3 Å². The van der Waals surface area contributed by atoms with Crippen LogP contribution in [0.2, 0.25) is 0 Å². The zero-order chi connectivity index (χ0) is 14.3. The third-order valence-corrected chi connectivity index (χ3v) is 3.12. The Morgan fingerprint density at radius 2 is 1.95 bits per heavy atom. The van der Waals surface area contributed by atoms with Gasteiger partial charge in [-0.05, 0) is 38.1 Å². The van der Waals surface area contributed by atoms with E-state index in [-0.39, 0.29) is 12.5 Å². The van der Waals surface area contributed by atoms with Crippen LogP contribution in [0.15, 0.2) is 24.3 Å². The van der Waals surface area contributed by atoms with E-state index in [1.807, 2.05) is 45.0 Å². The lowest BCUT2D eigenvalue weighted by atomic mass is 10.1. The van der Waals surface area contributed by atoms with E-state index in [0.29, 0.717) is 6.61 Å². The molecule has 0 aliphatic heterocycles. The summed E-state index contributed by atoms with van der Waals surface area (Å²) in [5, 5.41) is 8.85. The Bertz CT molecular complexity index is 389. The molecule has 106 valence electrons. The lowest BCUT2D eigenvalue weighted by Crippen LogP contribution is -2.34. The molecule has 0 heterocycles. The van der Waals surface area contributed by atoms with Crippen LogP contribution < -0.4 is 4.74 Å². The summed E-state index contributed by atoms with van der Waals surface area (Å²) in [6, 6.07) is 8.00. The van der Waals surface area contributed by atoms with Crippen molar-refractivity contribution in [3.8, 4) is 5.75 Å². The number of ether oxygens (including phenoxy) is 1. The maximum absolute atomic E-state index is 10.8. The molecule has 0 amide bonds. The monoisotopic (exact) mass is 265 g/mol. The van der Waals surface area contributed by atoms with E-state index in [1.165, 1.54) is 5.56 Å². The first kappa shape index (κ1) is 15.5. The van der Waals surface area contributed by atoms with Crippen LogP contribution in [0, 0.1) is 0 Å². The smallest absolute Gasteiger partial charge is 0.304 e. The molecule has 1 atom stereocenters. The van der Waals surface area contributed by atoms with Crippen molar-refractivity contribution < 1.29 is 14.6 Å². The van der Waals surface area contributed by atoms with Crippen LogP contribution >= 0.6 is 0 Å². The summed E-state index contributed by atoms with van der Waals surface area (Å²) in [5.74, 6) is 0.116. The number of carboxylic acid groups (broad SMARTS) is 1. The van der Waals surface area contributed by atoms with Gasteiger partial charge in [0.15, 0.2) is 0 Å². The van der Waals surface area contributed by atoms with Gasteiger partial charge in [-0.15, -0.1) is 0 Å². The lowest BCUT2D eigenvalue weighted by Gasteiger charge is -2.26. The minimum atomic E-state index is -0.752. The van der Waals surface area contributed by atoms with Gasteiger partial charge in [-0.1, -0.05) is 19.1 Å². The van der Waals surface area contributed by atoms with Gasteiger partial charge in [0.25, 0.3) is 0 Å². The number of hydrogen-bond acceptors (Lipinski definition) is 3. The fourth-order valence-electron chi connectivity index (χ4n) is 2.05. The Morgan fingerprint density at radius 3 is 2.42 bits per heavy atom. The summed E-state index contributed by atoms with van der Waals surface area (Å²) in [5.41, 5.74) is 1.17. The van der Waals surface area contributed by atoms with Crippen molar-refractivity contribution in [3.63, 3.8) is 0 Å². The molecule has 1 rings (SSSR count). The maximum atomic E-state index is 10.8. The van der Waals surface area contributed by atoms with Gasteiger partial charge in [0.05, 0.1) is 13.0 Å². The zero-order valence-electron chi connectivity index (χ0n) is 11.9. The summed E-state index contributed by atoms with van der Waals surface area (Å²) >= 11 is 0. The summed E-state index contributed by atoms with van der Waals surface area (Å²) in [6.07, 6.45) is 0.171. The van der Waals surface area contributed by atoms with Crippen molar-refractivity contribution in [3.05, 3.63) is 29.8 Å². The Balaban J connectivity index is 2.62. The molecule has 1 unspecified atom stereocenters. The topological polar surface area (TPSA) is 49.8 Å². The molecule has 0 radical (unpaired) electrons. The van der Waals surface area contributed by atoms with Gasteiger partial charge in [0, 0.05) is 12.6 Å². The molecule has 0 bridgehead atoms. The normalized spacial score (nSPS) is 12.4. The molecule has 0 aromatic heterocycles. The molecule has 0 fully saturated rings. The van der Waals surface area contributed by atoms with Crippen molar-refractivity contribution in [2.24, 2.45) is 0 Å². The largest absolute Gasteiger partial charge is 0.494 e. The number of hydrogen-bond donors (Lipinski definition) is 1. The molecule has 0 saturated heterocycles. The maximum Gasteiger partial charge on any atom is 0.304 e. The highest BCUT2D eigenvalue weighted by atomic mass is 16.5. The molecular weight excluding hydrogens is 242 g/mol. The SMILES string of the molecule is CCOc1ccc(CN(CC)C(C)CC(=O)O)cc1. The molecular formula is C15H23NO3. The van der Waals surface area contributed by atoms with Crippen LogP contribution in [0.1, 0.15) is 32.8 Å². The summed E-state index contributed by atoms with van der Waals surface area (Å²) in [7, 11) is 0. The van der Waals surface area contributed by atoms with Crippen LogP contribution in [-0.4, -0.2) is 35.2 Å². The van der Waals surface area contributed by atoms with Crippen LogP contribution in [0.5, 0.6) is 5.75 Å². The molecule has 1 aromatic rings. The van der Waals surface area contributed by atoms with Crippen molar-refractivity contribution >= 4 is 5.97 Å². The van der Waals surface area contributed by atoms with Gasteiger partial charge in [-0.2, -0.15) is 0 Å². The van der Waals surface area contributed by atoms with E-state index in [2.05, 4.69) is 4.90 Å². The quantitative estimate of drug-likeness (QED) is 0.785. The minimum Gasteiger partial charge on any atom is -0.494 e. The van der Waals surface area contributed by atoms with Crippen LogP contribution in [0.3, 0.4) is 0 Å². The average Bonchev–Trinajstić information content (AvgIpc) is 2.37. The highest BCUT2D eigenvalue weighted by Crippen LogP contribution is 2.15. The standard InChI is InChI=1S/C15H23NO3/c1-4-16(12(3)10-15(17)18)11-13-6-8-14(9-7-13)19-5-2/h6-9,12H,4-5,10-11H2,1-3H3,(H,17,18). The molecule has 0 spiro atoms. The average molecular weight is 265 g/mol. The first-order valence-electron chi connectivity index (χ1n) is 6.74. The number of rotatable bonds is 8. The first-order valence-corrected chi connectivity index (χ1v) is 6.74. The van der Waals surface area contributed by atoms with Crippen molar-refractivity contribution in [1.82, 2.24) is 4.90 Å². The molecule has 1 aromatic carbocycles. The van der Waals surface area contributed by atoms with Crippen LogP contribution in [0.4, 0.5) is 0 Å². The number of benzene rings is 1. The molecule has 4 heteroatoms. The predicted molar refractivity (Wildman–Crippen MR) is 75.4 cm³/mol. The predicted octanol–water partition coefficient (Wildman–Crippen LogP) is 2.77. The summed E-state index contributed by atoms with van der Waals surface area (Å²) in [6.45, 7) is 8.22. The van der Waals surface area contributed by atoms with E-state index >= 15 is 0 Å². The van der Waals surface area contributed by atoms with E-state index < -0.39 is 5.97 Å². The van der Waals surface area contributed by atoms with Crippen LogP contribution in [0.25, 0.3) is 0 Å². The Morgan fingerprint density at radius 1 is 1.32 bits per heavy atom. The van der Waals surface area contributed by atoms with Gasteiger partial charge in [0.2, 0.25) is 0 Å². The van der Waals surface area contributed by atoms with E-state index in [9.17, 15) is 4.79 Å². The number of nitrogens with zero attached hydrogens (tertiary/aromatic N) is 1. The number of carboxylic acids is 1. The van der Waals surface area contributed by atoms with Crippen molar-refractivity contribution in [1.29, 1.82) is 0 Å². The Labute approximate surface area is 115 Å².